The van der Waals surface area contributed by atoms with Gasteiger partial charge in [0.2, 0.25) is 0 Å². The fraction of sp³-hybridized carbons (Fsp3) is 0.143. The van der Waals surface area contributed by atoms with Crippen LogP contribution in [-0.4, -0.2) is 13.2 Å². The fourth-order valence-electron chi connectivity index (χ4n) is 2.79. The number of benzene rings is 3. The third-order valence-corrected chi connectivity index (χ3v) is 6.74. The quantitative estimate of drug-likeness (QED) is 0.518. The lowest BCUT2D eigenvalue weighted by atomic mass is 10.2. The lowest BCUT2D eigenvalue weighted by Gasteiger charge is -2.27. The number of phenolic OH excluding ortho intramolecular Hbond substituents is 1. The third-order valence-electron chi connectivity index (χ3n) is 4.18. The van der Waals surface area contributed by atoms with Gasteiger partial charge in [-0.25, -0.2) is 0 Å². The highest BCUT2D eigenvalue weighted by molar-refractivity contribution is 9.10. The molecular formula is C21H22BrNOSi. The van der Waals surface area contributed by atoms with Crippen LogP contribution in [0.1, 0.15) is 0 Å². The Morgan fingerprint density at radius 2 is 1.40 bits per heavy atom. The smallest absolute Gasteiger partial charge is 0.139 e. The van der Waals surface area contributed by atoms with E-state index in [9.17, 15) is 5.11 Å². The van der Waals surface area contributed by atoms with Gasteiger partial charge in [0.25, 0.3) is 0 Å². The summed E-state index contributed by atoms with van der Waals surface area (Å²) in [4.78, 5) is 2.08. The molecule has 0 aliphatic rings. The molecule has 0 fully saturated rings. The molecule has 25 heavy (non-hydrogen) atoms. The molecule has 0 aromatic heterocycles. The van der Waals surface area contributed by atoms with Crippen molar-refractivity contribution < 1.29 is 5.11 Å². The number of rotatable bonds is 4. The van der Waals surface area contributed by atoms with Crippen molar-refractivity contribution in [2.45, 2.75) is 19.6 Å². The molecule has 3 rings (SSSR count). The first-order chi connectivity index (χ1) is 11.9. The SMILES string of the molecule is C[Si](C)(C)c1ccc(N(c2ccccc2)c2cc(Br)ccc2O)cc1. The lowest BCUT2D eigenvalue weighted by molar-refractivity contribution is 0.476. The van der Waals surface area contributed by atoms with Gasteiger partial charge in [-0.05, 0) is 42.5 Å². The molecule has 4 heteroatoms. The zero-order valence-electron chi connectivity index (χ0n) is 14.7. The van der Waals surface area contributed by atoms with Crippen LogP contribution < -0.4 is 10.1 Å². The summed E-state index contributed by atoms with van der Waals surface area (Å²) in [6.07, 6.45) is 0. The van der Waals surface area contributed by atoms with Crippen LogP contribution in [0.15, 0.2) is 77.3 Å². The van der Waals surface area contributed by atoms with Crippen molar-refractivity contribution in [2.24, 2.45) is 0 Å². The second-order valence-electron chi connectivity index (χ2n) is 7.10. The molecule has 2 nitrogen and oxygen atoms in total. The number of phenols is 1. The van der Waals surface area contributed by atoms with E-state index in [0.29, 0.717) is 0 Å². The Morgan fingerprint density at radius 3 is 2.00 bits per heavy atom. The topological polar surface area (TPSA) is 23.5 Å². The summed E-state index contributed by atoms with van der Waals surface area (Å²) in [6.45, 7) is 7.03. The molecule has 3 aromatic rings. The number of hydrogen-bond acceptors (Lipinski definition) is 2. The Bertz CT molecular complexity index is 857. The van der Waals surface area contributed by atoms with Crippen molar-refractivity contribution in [1.29, 1.82) is 0 Å². The standard InChI is InChI=1S/C21H22BrNOSi/c1-25(2,3)19-12-10-18(11-13-19)23(17-7-5-4-6-8-17)20-15-16(22)9-14-21(20)24/h4-15,24H,1-3H3. The Kier molecular flexibility index (Phi) is 5.02. The first-order valence-corrected chi connectivity index (χ1v) is 12.6. The van der Waals surface area contributed by atoms with E-state index in [4.69, 9.17) is 0 Å². The van der Waals surface area contributed by atoms with E-state index in [0.717, 1.165) is 21.5 Å². The number of nitrogens with zero attached hydrogens (tertiary/aromatic N) is 1. The number of aromatic hydroxyl groups is 1. The average molecular weight is 412 g/mol. The largest absolute Gasteiger partial charge is 0.506 e. The molecular weight excluding hydrogens is 390 g/mol. The lowest BCUT2D eigenvalue weighted by Crippen LogP contribution is -2.37. The summed E-state index contributed by atoms with van der Waals surface area (Å²) < 4.78 is 0.931. The highest BCUT2D eigenvalue weighted by atomic mass is 79.9. The van der Waals surface area contributed by atoms with Crippen molar-refractivity contribution in [2.75, 3.05) is 4.90 Å². The Morgan fingerprint density at radius 1 is 0.800 bits per heavy atom. The predicted octanol–water partition coefficient (Wildman–Crippen LogP) is 6.17. The van der Waals surface area contributed by atoms with Crippen LogP contribution in [0.2, 0.25) is 19.6 Å². The van der Waals surface area contributed by atoms with E-state index in [1.807, 2.05) is 42.5 Å². The van der Waals surface area contributed by atoms with Gasteiger partial charge in [-0.1, -0.05) is 71.1 Å². The number of para-hydroxylation sites is 1. The normalized spacial score (nSPS) is 11.4. The maximum atomic E-state index is 10.5. The average Bonchev–Trinajstić information content (AvgIpc) is 2.59. The predicted molar refractivity (Wildman–Crippen MR) is 113 cm³/mol. The summed E-state index contributed by atoms with van der Waals surface area (Å²) in [5.74, 6) is 0.251. The first-order valence-electron chi connectivity index (χ1n) is 8.30. The molecule has 3 aromatic carbocycles. The van der Waals surface area contributed by atoms with E-state index in [-0.39, 0.29) is 5.75 Å². The van der Waals surface area contributed by atoms with E-state index in [1.54, 1.807) is 6.07 Å². The first kappa shape index (κ1) is 17.8. The third kappa shape index (κ3) is 3.97. The summed E-state index contributed by atoms with van der Waals surface area (Å²) in [5.41, 5.74) is 2.79. The Hall–Kier alpha value is -2.04. The Balaban J connectivity index is 2.14. The minimum Gasteiger partial charge on any atom is -0.506 e. The molecule has 0 bridgehead atoms. The molecule has 0 aliphatic carbocycles. The van der Waals surface area contributed by atoms with E-state index >= 15 is 0 Å². The van der Waals surface area contributed by atoms with Gasteiger partial charge in [0, 0.05) is 15.8 Å². The second kappa shape index (κ2) is 7.06. The van der Waals surface area contributed by atoms with Gasteiger partial charge in [0.15, 0.2) is 0 Å². The molecule has 0 spiro atoms. The monoisotopic (exact) mass is 411 g/mol. The molecule has 0 atom stereocenters. The van der Waals surface area contributed by atoms with Gasteiger partial charge in [-0.15, -0.1) is 0 Å². The van der Waals surface area contributed by atoms with Crippen LogP contribution in [0.4, 0.5) is 17.1 Å². The van der Waals surface area contributed by atoms with Crippen LogP contribution in [0, 0.1) is 0 Å². The van der Waals surface area contributed by atoms with Crippen molar-refractivity contribution in [3.63, 3.8) is 0 Å². The maximum absolute atomic E-state index is 10.5. The minimum atomic E-state index is -1.34. The van der Waals surface area contributed by atoms with Crippen molar-refractivity contribution in [3.05, 3.63) is 77.3 Å². The van der Waals surface area contributed by atoms with Crippen LogP contribution in [0.5, 0.6) is 5.75 Å². The summed E-state index contributed by atoms with van der Waals surface area (Å²) >= 11 is 3.52. The molecule has 0 aliphatic heterocycles. The van der Waals surface area contributed by atoms with Gasteiger partial charge in [-0.3, -0.25) is 0 Å². The molecule has 0 radical (unpaired) electrons. The molecule has 0 saturated carbocycles. The maximum Gasteiger partial charge on any atom is 0.139 e. The molecule has 0 unspecified atom stereocenters. The molecule has 128 valence electrons. The van der Waals surface area contributed by atoms with E-state index < -0.39 is 8.07 Å². The molecule has 0 amide bonds. The van der Waals surface area contributed by atoms with Crippen LogP contribution in [-0.2, 0) is 0 Å². The summed E-state index contributed by atoms with van der Waals surface area (Å²) in [6, 6.07) is 24.3. The van der Waals surface area contributed by atoms with Gasteiger partial charge in [0.1, 0.15) is 5.75 Å². The van der Waals surface area contributed by atoms with Gasteiger partial charge in [-0.2, -0.15) is 0 Å². The number of hydrogen-bond donors (Lipinski definition) is 1. The fourth-order valence-corrected chi connectivity index (χ4v) is 4.31. The van der Waals surface area contributed by atoms with E-state index in [2.05, 4.69) is 64.7 Å². The zero-order chi connectivity index (χ0) is 18.0. The van der Waals surface area contributed by atoms with Crippen LogP contribution >= 0.6 is 15.9 Å². The van der Waals surface area contributed by atoms with Crippen molar-refractivity contribution in [3.8, 4) is 5.75 Å². The highest BCUT2D eigenvalue weighted by Crippen LogP contribution is 2.40. The molecule has 1 N–H and O–H groups in total. The number of halogens is 1. The molecule has 0 heterocycles. The van der Waals surface area contributed by atoms with Crippen molar-refractivity contribution in [1.82, 2.24) is 0 Å². The van der Waals surface area contributed by atoms with Gasteiger partial charge < -0.3 is 10.0 Å². The second-order valence-corrected chi connectivity index (χ2v) is 13.1. The summed E-state index contributed by atoms with van der Waals surface area (Å²) in [7, 11) is -1.34. The van der Waals surface area contributed by atoms with E-state index in [1.165, 1.54) is 5.19 Å². The minimum absolute atomic E-state index is 0.251. The highest BCUT2D eigenvalue weighted by Gasteiger charge is 2.19. The number of anilines is 3. The zero-order valence-corrected chi connectivity index (χ0v) is 17.3. The molecule has 0 saturated heterocycles. The summed E-state index contributed by atoms with van der Waals surface area (Å²) in [5, 5.41) is 11.9. The Labute approximate surface area is 158 Å². The van der Waals surface area contributed by atoms with Crippen molar-refractivity contribution >= 4 is 46.3 Å². The van der Waals surface area contributed by atoms with Gasteiger partial charge in [0.05, 0.1) is 13.8 Å². The van der Waals surface area contributed by atoms with Crippen LogP contribution in [0.25, 0.3) is 0 Å². The van der Waals surface area contributed by atoms with Crippen LogP contribution in [0.3, 0.4) is 0 Å². The van der Waals surface area contributed by atoms with Gasteiger partial charge >= 0.3 is 0 Å².